The number of hydrogen-bond acceptors (Lipinski definition) is 8. The Morgan fingerprint density at radius 3 is 1.93 bits per heavy atom. The van der Waals surface area contributed by atoms with Crippen molar-refractivity contribution in [2.24, 2.45) is 17.4 Å². The maximum atomic E-state index is 12.6. The number of carboxylic acids is 1. The van der Waals surface area contributed by atoms with E-state index < -0.39 is 66.3 Å². The van der Waals surface area contributed by atoms with Crippen LogP contribution in [0.4, 0.5) is 0 Å². The number of nitrogens with two attached hydrogens (primary N) is 2. The van der Waals surface area contributed by atoms with E-state index in [0.29, 0.717) is 0 Å². The predicted molar refractivity (Wildman–Crippen MR) is 106 cm³/mol. The number of nitrogens with one attached hydrogen (secondary N) is 3. The highest BCUT2D eigenvalue weighted by Crippen LogP contribution is 2.06. The Hall–Kier alpha value is -2.38. The Morgan fingerprint density at radius 1 is 0.966 bits per heavy atom. The molecule has 9 N–H and O–H groups in total. The minimum atomic E-state index is -1.29. The summed E-state index contributed by atoms with van der Waals surface area (Å²) in [6.07, 6.45) is -0.391. The fraction of sp³-hybridized carbons (Fsp3) is 0.688. The van der Waals surface area contributed by atoms with Gasteiger partial charge in [-0.1, -0.05) is 13.8 Å². The molecule has 0 saturated carbocycles. The number of carboxylic acid groups (broad SMARTS) is 1. The van der Waals surface area contributed by atoms with Crippen LogP contribution in [0.2, 0.25) is 0 Å². The quantitative estimate of drug-likeness (QED) is 0.137. The summed E-state index contributed by atoms with van der Waals surface area (Å²) in [5.41, 5.74) is 10.5. The molecule has 0 spiro atoms. The molecular weight excluding hydrogens is 406 g/mol. The van der Waals surface area contributed by atoms with Gasteiger partial charge in [-0.05, 0) is 12.3 Å². The molecule has 0 rings (SSSR count). The van der Waals surface area contributed by atoms with E-state index in [1.54, 1.807) is 13.8 Å². The summed E-state index contributed by atoms with van der Waals surface area (Å²) < 4.78 is 0. The van der Waals surface area contributed by atoms with Crippen LogP contribution in [0.15, 0.2) is 0 Å². The zero-order chi connectivity index (χ0) is 22.7. The summed E-state index contributed by atoms with van der Waals surface area (Å²) in [6, 6.07) is -4.91. The topological polar surface area (TPSA) is 214 Å². The smallest absolute Gasteiger partial charge is 0.327 e. The van der Waals surface area contributed by atoms with Crippen LogP contribution < -0.4 is 27.4 Å². The number of thiol groups is 1. The van der Waals surface area contributed by atoms with Crippen molar-refractivity contribution in [3.63, 3.8) is 0 Å². The van der Waals surface area contributed by atoms with E-state index in [1.165, 1.54) is 0 Å². The second kappa shape index (κ2) is 13.0. The maximum absolute atomic E-state index is 12.6. The number of primary amides is 1. The third-order valence-electron chi connectivity index (χ3n) is 3.89. The largest absolute Gasteiger partial charge is 0.480 e. The molecular formula is C16H29N5O7S. The second-order valence-electron chi connectivity index (χ2n) is 6.67. The zero-order valence-corrected chi connectivity index (χ0v) is 17.1. The van der Waals surface area contributed by atoms with Gasteiger partial charge in [-0.3, -0.25) is 19.2 Å². The Morgan fingerprint density at radius 2 is 1.52 bits per heavy atom. The van der Waals surface area contributed by atoms with Crippen molar-refractivity contribution in [1.29, 1.82) is 0 Å². The average Bonchev–Trinajstić information content (AvgIpc) is 2.65. The summed E-state index contributed by atoms with van der Waals surface area (Å²) in [7, 11) is 0. The Bertz CT molecular complexity index is 616. The lowest BCUT2D eigenvalue weighted by Gasteiger charge is -2.26. The van der Waals surface area contributed by atoms with Gasteiger partial charge in [0.2, 0.25) is 23.6 Å². The van der Waals surface area contributed by atoms with Gasteiger partial charge in [-0.15, -0.1) is 0 Å². The van der Waals surface area contributed by atoms with E-state index in [1.807, 2.05) is 0 Å². The number of aliphatic hydroxyl groups is 1. The summed E-state index contributed by atoms with van der Waals surface area (Å²) in [5, 5.41) is 25.0. The molecule has 0 aliphatic rings. The number of hydrogen-bond donors (Lipinski definition) is 8. The lowest BCUT2D eigenvalue weighted by atomic mass is 10.0. The van der Waals surface area contributed by atoms with Crippen LogP contribution in [0.3, 0.4) is 0 Å². The van der Waals surface area contributed by atoms with Crippen LogP contribution in [0.5, 0.6) is 0 Å². The lowest BCUT2D eigenvalue weighted by molar-refractivity contribution is -0.142. The van der Waals surface area contributed by atoms with Gasteiger partial charge in [0.15, 0.2) is 0 Å². The summed E-state index contributed by atoms with van der Waals surface area (Å²) in [6.45, 7) is 2.59. The summed E-state index contributed by atoms with van der Waals surface area (Å²) in [5.74, 6) is -4.95. The third-order valence-corrected chi connectivity index (χ3v) is 4.26. The van der Waals surface area contributed by atoms with Crippen molar-refractivity contribution in [1.82, 2.24) is 16.0 Å². The standard InChI is InChI=1S/C16H29N5O7S/c1-7(2)12(15(26)20-10(6-29)16(27)28)21-14(25)9(3-4-11(18)23)19-13(24)8(17)5-22/h7-10,12,22,29H,3-6,17H2,1-2H3,(H2,18,23)(H,19,24)(H,20,26)(H,21,25)(H,27,28). The molecule has 4 amide bonds. The number of carbonyl (C=O) groups excluding carboxylic acids is 4. The van der Waals surface area contributed by atoms with Gasteiger partial charge in [0, 0.05) is 12.2 Å². The number of rotatable bonds is 13. The Balaban J connectivity index is 5.34. The van der Waals surface area contributed by atoms with Gasteiger partial charge in [0.05, 0.1) is 6.61 Å². The van der Waals surface area contributed by atoms with E-state index in [0.717, 1.165) is 0 Å². The van der Waals surface area contributed by atoms with Crippen molar-refractivity contribution in [2.75, 3.05) is 12.4 Å². The molecule has 4 atom stereocenters. The lowest BCUT2D eigenvalue weighted by Crippen LogP contribution is -2.59. The molecule has 0 aromatic rings. The van der Waals surface area contributed by atoms with Crippen LogP contribution in [0.25, 0.3) is 0 Å². The molecule has 0 aliphatic heterocycles. The van der Waals surface area contributed by atoms with Crippen LogP contribution >= 0.6 is 12.6 Å². The summed E-state index contributed by atoms with van der Waals surface area (Å²) >= 11 is 3.86. The fourth-order valence-electron chi connectivity index (χ4n) is 2.15. The second-order valence-corrected chi connectivity index (χ2v) is 7.03. The molecule has 0 heterocycles. The third kappa shape index (κ3) is 9.58. The molecule has 12 nitrogen and oxygen atoms in total. The van der Waals surface area contributed by atoms with Crippen LogP contribution in [0.1, 0.15) is 26.7 Å². The monoisotopic (exact) mass is 435 g/mol. The van der Waals surface area contributed by atoms with E-state index in [4.69, 9.17) is 21.7 Å². The first-order valence-corrected chi connectivity index (χ1v) is 9.47. The number of aliphatic carboxylic acids is 1. The molecule has 0 bridgehead atoms. The van der Waals surface area contributed by atoms with Crippen LogP contribution in [-0.4, -0.2) is 76.3 Å². The van der Waals surface area contributed by atoms with Crippen LogP contribution in [0, 0.1) is 5.92 Å². The zero-order valence-electron chi connectivity index (χ0n) is 16.3. The Labute approximate surface area is 173 Å². The van der Waals surface area contributed by atoms with Crippen molar-refractivity contribution in [3.05, 3.63) is 0 Å². The van der Waals surface area contributed by atoms with Gasteiger partial charge >= 0.3 is 5.97 Å². The van der Waals surface area contributed by atoms with E-state index >= 15 is 0 Å². The van der Waals surface area contributed by atoms with Gasteiger partial charge in [-0.2, -0.15) is 12.6 Å². The van der Waals surface area contributed by atoms with Crippen molar-refractivity contribution < 1.29 is 34.2 Å². The molecule has 0 aliphatic carbocycles. The first kappa shape index (κ1) is 26.6. The number of aliphatic hydroxyl groups excluding tert-OH is 1. The fourth-order valence-corrected chi connectivity index (χ4v) is 2.40. The predicted octanol–water partition coefficient (Wildman–Crippen LogP) is -3.30. The number of amides is 4. The van der Waals surface area contributed by atoms with E-state index in [-0.39, 0.29) is 18.6 Å². The first-order valence-electron chi connectivity index (χ1n) is 8.84. The van der Waals surface area contributed by atoms with Crippen molar-refractivity contribution in [2.45, 2.75) is 50.9 Å². The molecule has 0 radical (unpaired) electrons. The molecule has 0 aromatic heterocycles. The maximum Gasteiger partial charge on any atom is 0.327 e. The molecule has 0 aromatic carbocycles. The van der Waals surface area contributed by atoms with Gasteiger partial charge in [0.1, 0.15) is 24.2 Å². The average molecular weight is 436 g/mol. The van der Waals surface area contributed by atoms with E-state index in [9.17, 15) is 24.0 Å². The molecule has 4 unspecified atom stereocenters. The highest BCUT2D eigenvalue weighted by Gasteiger charge is 2.31. The van der Waals surface area contributed by atoms with Gasteiger partial charge < -0.3 is 37.6 Å². The van der Waals surface area contributed by atoms with E-state index in [2.05, 4.69) is 28.6 Å². The van der Waals surface area contributed by atoms with Crippen molar-refractivity contribution >= 4 is 42.2 Å². The molecule has 0 saturated heterocycles. The normalized spacial score (nSPS) is 15.0. The molecule has 166 valence electrons. The molecule has 0 fully saturated rings. The molecule has 29 heavy (non-hydrogen) atoms. The highest BCUT2D eigenvalue weighted by molar-refractivity contribution is 7.80. The first-order chi connectivity index (χ1) is 13.4. The van der Waals surface area contributed by atoms with Gasteiger partial charge in [-0.25, -0.2) is 4.79 Å². The minimum absolute atomic E-state index is 0.157. The number of carbonyl (C=O) groups is 5. The van der Waals surface area contributed by atoms with Crippen LogP contribution in [-0.2, 0) is 24.0 Å². The molecule has 13 heteroatoms. The van der Waals surface area contributed by atoms with Gasteiger partial charge in [0.25, 0.3) is 0 Å². The SMILES string of the molecule is CC(C)C(NC(=O)C(CCC(N)=O)NC(=O)C(N)CO)C(=O)NC(CS)C(=O)O. The highest BCUT2D eigenvalue weighted by atomic mass is 32.1. The van der Waals surface area contributed by atoms with Crippen molar-refractivity contribution in [3.8, 4) is 0 Å². The summed E-state index contributed by atoms with van der Waals surface area (Å²) in [4.78, 5) is 59.1. The minimum Gasteiger partial charge on any atom is -0.480 e. The Kier molecular flexibility index (Phi) is 11.9.